The van der Waals surface area contributed by atoms with E-state index in [0.717, 1.165) is 6.07 Å². The van der Waals surface area contributed by atoms with E-state index in [2.05, 4.69) is 4.98 Å². The third-order valence-electron chi connectivity index (χ3n) is 3.49. The molecule has 1 saturated heterocycles. The van der Waals surface area contributed by atoms with Gasteiger partial charge >= 0.3 is 6.18 Å². The fraction of sp³-hybridized carbons (Fsp3) is 0.538. The number of nitrogens with zero attached hydrogens (tertiary/aromatic N) is 2. The second kappa shape index (κ2) is 6.44. The number of rotatable bonds is 3. The standard InChI is InChI=1S/C13H15F3N2O4S/c1-9(12(19)18-4-6-22-7-5-18)23(20,21)11-3-2-10(8-17-11)13(14,15)16/h2-3,8-9H,4-7H2,1H3. The van der Waals surface area contributed by atoms with Gasteiger partial charge in [0.15, 0.2) is 5.03 Å². The van der Waals surface area contributed by atoms with Gasteiger partial charge in [0.1, 0.15) is 5.25 Å². The summed E-state index contributed by atoms with van der Waals surface area (Å²) in [5.74, 6) is -0.616. The summed E-state index contributed by atoms with van der Waals surface area (Å²) in [6.45, 7) is 2.39. The lowest BCUT2D eigenvalue weighted by atomic mass is 10.3. The predicted octanol–water partition coefficient (Wildman–Crippen LogP) is 1.12. The van der Waals surface area contributed by atoms with Crippen LogP contribution in [0.4, 0.5) is 13.2 Å². The van der Waals surface area contributed by atoms with Crippen molar-refractivity contribution in [2.24, 2.45) is 0 Å². The number of sulfone groups is 1. The van der Waals surface area contributed by atoms with Gasteiger partial charge in [0.05, 0.1) is 18.8 Å². The normalized spacial score (nSPS) is 17.8. The highest BCUT2D eigenvalue weighted by Gasteiger charge is 2.36. The molecule has 0 N–H and O–H groups in total. The number of alkyl halides is 3. The van der Waals surface area contributed by atoms with Crippen molar-refractivity contribution in [1.29, 1.82) is 0 Å². The highest BCUT2D eigenvalue weighted by molar-refractivity contribution is 7.92. The molecule has 1 fully saturated rings. The number of carbonyl (C=O) groups is 1. The Morgan fingerprint density at radius 2 is 1.91 bits per heavy atom. The van der Waals surface area contributed by atoms with Crippen LogP contribution in [0.1, 0.15) is 12.5 Å². The molecule has 1 atom stereocenters. The van der Waals surface area contributed by atoms with E-state index in [0.29, 0.717) is 25.5 Å². The molecule has 128 valence electrons. The van der Waals surface area contributed by atoms with Gasteiger partial charge in [0.2, 0.25) is 15.7 Å². The first kappa shape index (κ1) is 17.7. The number of pyridine rings is 1. The van der Waals surface area contributed by atoms with Crippen molar-refractivity contribution in [1.82, 2.24) is 9.88 Å². The average molecular weight is 352 g/mol. The molecule has 10 heteroatoms. The topological polar surface area (TPSA) is 76.6 Å². The molecule has 2 heterocycles. The van der Waals surface area contributed by atoms with Gasteiger partial charge in [-0.3, -0.25) is 4.79 Å². The van der Waals surface area contributed by atoms with Gasteiger partial charge in [-0.15, -0.1) is 0 Å². The Bertz CT molecular complexity index is 667. The van der Waals surface area contributed by atoms with Gasteiger partial charge in [-0.25, -0.2) is 13.4 Å². The predicted molar refractivity (Wildman–Crippen MR) is 73.3 cm³/mol. The van der Waals surface area contributed by atoms with Crippen LogP contribution in [0.15, 0.2) is 23.4 Å². The van der Waals surface area contributed by atoms with E-state index in [4.69, 9.17) is 4.74 Å². The summed E-state index contributed by atoms with van der Waals surface area (Å²) in [6, 6.07) is 1.40. The van der Waals surface area contributed by atoms with Crippen molar-refractivity contribution in [3.63, 3.8) is 0 Å². The minimum Gasteiger partial charge on any atom is -0.378 e. The van der Waals surface area contributed by atoms with Crippen molar-refractivity contribution < 1.29 is 31.1 Å². The van der Waals surface area contributed by atoms with Crippen molar-refractivity contribution in [3.8, 4) is 0 Å². The maximum atomic E-state index is 12.5. The van der Waals surface area contributed by atoms with E-state index < -0.39 is 37.8 Å². The molecule has 0 aromatic carbocycles. The van der Waals surface area contributed by atoms with Crippen LogP contribution in [0.3, 0.4) is 0 Å². The highest BCUT2D eigenvalue weighted by atomic mass is 32.2. The molecule has 1 aromatic heterocycles. The molecule has 1 amide bonds. The number of carbonyl (C=O) groups excluding carboxylic acids is 1. The monoisotopic (exact) mass is 352 g/mol. The van der Waals surface area contributed by atoms with Crippen LogP contribution in [-0.2, 0) is 25.5 Å². The number of hydrogen-bond donors (Lipinski definition) is 0. The summed E-state index contributed by atoms with van der Waals surface area (Å²) in [6.07, 6.45) is -4.16. The van der Waals surface area contributed by atoms with Crippen LogP contribution >= 0.6 is 0 Å². The summed E-state index contributed by atoms with van der Waals surface area (Å²) in [5, 5.41) is -1.98. The smallest absolute Gasteiger partial charge is 0.378 e. The summed E-state index contributed by atoms with van der Waals surface area (Å²) in [5.41, 5.74) is -1.05. The average Bonchev–Trinajstić information content (AvgIpc) is 2.53. The fourth-order valence-corrected chi connectivity index (χ4v) is 3.31. The third-order valence-corrected chi connectivity index (χ3v) is 5.45. The summed E-state index contributed by atoms with van der Waals surface area (Å²) >= 11 is 0. The number of morpholine rings is 1. The fourth-order valence-electron chi connectivity index (χ4n) is 2.07. The molecule has 2 rings (SSSR count). The van der Waals surface area contributed by atoms with Crippen LogP contribution in [0.5, 0.6) is 0 Å². The zero-order valence-electron chi connectivity index (χ0n) is 12.2. The Morgan fingerprint density at radius 3 is 2.39 bits per heavy atom. The Labute approximate surface area is 131 Å². The maximum absolute atomic E-state index is 12.5. The van der Waals surface area contributed by atoms with Crippen molar-refractivity contribution in [2.45, 2.75) is 23.4 Å². The third kappa shape index (κ3) is 3.81. The maximum Gasteiger partial charge on any atom is 0.417 e. The van der Waals surface area contributed by atoms with Gasteiger partial charge in [-0.2, -0.15) is 13.2 Å². The quantitative estimate of drug-likeness (QED) is 0.815. The Kier molecular flexibility index (Phi) is 4.95. The first-order chi connectivity index (χ1) is 10.6. The van der Waals surface area contributed by atoms with Gasteiger partial charge in [0, 0.05) is 19.3 Å². The Morgan fingerprint density at radius 1 is 1.30 bits per heavy atom. The molecular formula is C13H15F3N2O4S. The van der Waals surface area contributed by atoms with Crippen LogP contribution in [-0.4, -0.2) is 55.8 Å². The first-order valence-electron chi connectivity index (χ1n) is 6.77. The molecule has 6 nitrogen and oxygen atoms in total. The van der Waals surface area contributed by atoms with Crippen molar-refractivity contribution in [2.75, 3.05) is 26.3 Å². The van der Waals surface area contributed by atoms with Crippen LogP contribution in [0.25, 0.3) is 0 Å². The molecule has 0 bridgehead atoms. The van der Waals surface area contributed by atoms with Gasteiger partial charge in [0.25, 0.3) is 0 Å². The molecule has 0 saturated carbocycles. The molecule has 1 aromatic rings. The van der Waals surface area contributed by atoms with E-state index in [1.807, 2.05) is 0 Å². The van der Waals surface area contributed by atoms with Crippen LogP contribution in [0, 0.1) is 0 Å². The summed E-state index contributed by atoms with van der Waals surface area (Å²) in [4.78, 5) is 16.9. The number of ether oxygens (including phenoxy) is 1. The largest absolute Gasteiger partial charge is 0.417 e. The van der Waals surface area contributed by atoms with E-state index >= 15 is 0 Å². The lowest BCUT2D eigenvalue weighted by Crippen LogP contribution is -2.47. The van der Waals surface area contributed by atoms with Gasteiger partial charge < -0.3 is 9.64 Å². The molecule has 0 radical (unpaired) electrons. The Hall–Kier alpha value is -1.68. The lowest BCUT2D eigenvalue weighted by Gasteiger charge is -2.29. The minimum absolute atomic E-state index is 0.277. The first-order valence-corrected chi connectivity index (χ1v) is 8.32. The van der Waals surface area contributed by atoms with Crippen molar-refractivity contribution in [3.05, 3.63) is 23.9 Å². The molecule has 23 heavy (non-hydrogen) atoms. The molecule has 0 aliphatic carbocycles. The summed E-state index contributed by atoms with van der Waals surface area (Å²) in [7, 11) is -4.16. The number of amides is 1. The number of halogens is 3. The van der Waals surface area contributed by atoms with E-state index in [1.54, 1.807) is 0 Å². The Balaban J connectivity index is 2.21. The second-order valence-corrected chi connectivity index (χ2v) is 7.22. The second-order valence-electron chi connectivity index (χ2n) is 5.01. The molecule has 1 unspecified atom stereocenters. The van der Waals surface area contributed by atoms with Gasteiger partial charge in [-0.05, 0) is 19.1 Å². The molecule has 1 aliphatic rings. The molecular weight excluding hydrogens is 337 g/mol. The number of hydrogen-bond acceptors (Lipinski definition) is 5. The lowest BCUT2D eigenvalue weighted by molar-refractivity contribution is -0.138. The molecule has 1 aliphatic heterocycles. The summed E-state index contributed by atoms with van der Waals surface area (Å²) < 4.78 is 67.2. The zero-order chi connectivity index (χ0) is 17.3. The van der Waals surface area contributed by atoms with Gasteiger partial charge in [-0.1, -0.05) is 0 Å². The zero-order valence-corrected chi connectivity index (χ0v) is 13.0. The molecule has 0 spiro atoms. The minimum atomic E-state index is -4.61. The number of aromatic nitrogens is 1. The highest BCUT2D eigenvalue weighted by Crippen LogP contribution is 2.29. The van der Waals surface area contributed by atoms with Crippen LogP contribution in [0.2, 0.25) is 0 Å². The van der Waals surface area contributed by atoms with E-state index in [9.17, 15) is 26.4 Å². The van der Waals surface area contributed by atoms with E-state index in [-0.39, 0.29) is 13.1 Å². The van der Waals surface area contributed by atoms with Crippen molar-refractivity contribution >= 4 is 15.7 Å². The van der Waals surface area contributed by atoms with E-state index in [1.165, 1.54) is 11.8 Å². The van der Waals surface area contributed by atoms with Crippen LogP contribution < -0.4 is 0 Å². The SMILES string of the molecule is CC(C(=O)N1CCOCC1)S(=O)(=O)c1ccc(C(F)(F)F)cn1.